The smallest absolute Gasteiger partial charge is 0.330 e. The van der Waals surface area contributed by atoms with Crippen molar-refractivity contribution in [3.8, 4) is 0 Å². The van der Waals surface area contributed by atoms with Gasteiger partial charge in [-0.05, 0) is 6.54 Å². The molecule has 0 aliphatic rings. The third kappa shape index (κ3) is 4.09. The molecule has 0 saturated carbocycles. The summed E-state index contributed by atoms with van der Waals surface area (Å²) >= 11 is 0. The molecule has 0 aliphatic carbocycles. The van der Waals surface area contributed by atoms with Gasteiger partial charge in [0.25, 0.3) is 0 Å². The van der Waals surface area contributed by atoms with Crippen molar-refractivity contribution in [2.24, 2.45) is 11.7 Å². The lowest BCUT2D eigenvalue weighted by molar-refractivity contribution is -0.138. The van der Waals surface area contributed by atoms with E-state index < -0.39 is 0 Å². The lowest BCUT2D eigenvalue weighted by atomic mass is 10.2. The van der Waals surface area contributed by atoms with Crippen LogP contribution in [0.4, 0.5) is 0 Å². The van der Waals surface area contributed by atoms with Crippen molar-refractivity contribution in [1.29, 1.82) is 0 Å². The lowest BCUT2D eigenvalue weighted by Crippen LogP contribution is -2.18. The second kappa shape index (κ2) is 4.99. The van der Waals surface area contributed by atoms with E-state index in [9.17, 15) is 4.79 Å². The van der Waals surface area contributed by atoms with Gasteiger partial charge in [-0.3, -0.25) is 0 Å². The molecule has 58 valence electrons. The number of ether oxygens (including phenoxy) is 1. The first kappa shape index (κ1) is 9.17. The predicted octanol–water partition coefficient (Wildman–Crippen LogP) is 0.310. The summed E-state index contributed by atoms with van der Waals surface area (Å²) in [5.41, 5.74) is 5.28. The molecule has 10 heavy (non-hydrogen) atoms. The molecule has 1 atom stereocenters. The van der Waals surface area contributed by atoms with Crippen molar-refractivity contribution in [2.75, 3.05) is 13.2 Å². The third-order valence-electron chi connectivity index (χ3n) is 1.08. The van der Waals surface area contributed by atoms with E-state index in [4.69, 9.17) is 10.5 Å². The molecule has 0 aliphatic heterocycles. The van der Waals surface area contributed by atoms with Crippen molar-refractivity contribution in [3.63, 3.8) is 0 Å². The summed E-state index contributed by atoms with van der Waals surface area (Å²) in [5.74, 6) is -0.163. The molecule has 3 heteroatoms. The van der Waals surface area contributed by atoms with Crippen LogP contribution >= 0.6 is 0 Å². The molecule has 0 heterocycles. The zero-order chi connectivity index (χ0) is 7.98. The highest BCUT2D eigenvalue weighted by Crippen LogP contribution is 1.92. The normalized spacial score (nSPS) is 12.2. The molecule has 0 aromatic carbocycles. The van der Waals surface area contributed by atoms with Gasteiger partial charge in [-0.15, -0.1) is 0 Å². The fourth-order valence-electron chi connectivity index (χ4n) is 0.351. The summed E-state index contributed by atoms with van der Waals surface area (Å²) in [6.45, 7) is 6.08. The molecule has 0 rings (SSSR count). The van der Waals surface area contributed by atoms with Crippen LogP contribution < -0.4 is 5.73 Å². The summed E-state index contributed by atoms with van der Waals surface area (Å²) < 4.78 is 4.71. The van der Waals surface area contributed by atoms with Crippen LogP contribution in [0.1, 0.15) is 6.92 Å². The van der Waals surface area contributed by atoms with Crippen LogP contribution in [0.25, 0.3) is 0 Å². The summed E-state index contributed by atoms with van der Waals surface area (Å²) in [6.07, 6.45) is 1.14. The predicted molar refractivity (Wildman–Crippen MR) is 39.4 cm³/mol. The van der Waals surface area contributed by atoms with Gasteiger partial charge >= 0.3 is 5.97 Å². The molecule has 0 aromatic heterocycles. The van der Waals surface area contributed by atoms with Crippen LogP contribution in [0.15, 0.2) is 12.7 Å². The summed E-state index contributed by atoms with van der Waals surface area (Å²) in [7, 11) is 0. The first-order valence-corrected chi connectivity index (χ1v) is 3.20. The number of hydrogen-bond acceptors (Lipinski definition) is 3. The average Bonchev–Trinajstić information content (AvgIpc) is 1.99. The molecule has 0 radical (unpaired) electrons. The van der Waals surface area contributed by atoms with Crippen molar-refractivity contribution in [3.05, 3.63) is 12.7 Å². The number of nitrogens with two attached hydrogens (primary N) is 1. The summed E-state index contributed by atoms with van der Waals surface area (Å²) in [6, 6.07) is 0. The zero-order valence-electron chi connectivity index (χ0n) is 6.17. The fraction of sp³-hybridized carbons (Fsp3) is 0.571. The van der Waals surface area contributed by atoms with E-state index >= 15 is 0 Å². The Hall–Kier alpha value is -0.830. The number of carbonyl (C=O) groups is 1. The number of hydrogen-bond donors (Lipinski definition) is 1. The molecule has 2 N–H and O–H groups in total. The average molecular weight is 143 g/mol. The van der Waals surface area contributed by atoms with Crippen molar-refractivity contribution in [2.45, 2.75) is 6.92 Å². The molecular formula is C7H13NO2. The summed E-state index contributed by atoms with van der Waals surface area (Å²) in [5, 5.41) is 0. The topological polar surface area (TPSA) is 52.3 Å². The Kier molecular flexibility index (Phi) is 4.58. The molecule has 0 bridgehead atoms. The highest BCUT2D eigenvalue weighted by Gasteiger charge is 2.00. The van der Waals surface area contributed by atoms with Gasteiger partial charge in [0.05, 0.1) is 6.61 Å². The lowest BCUT2D eigenvalue weighted by Gasteiger charge is -2.06. The van der Waals surface area contributed by atoms with Crippen LogP contribution in [0.5, 0.6) is 0 Å². The second-order valence-corrected chi connectivity index (χ2v) is 2.18. The zero-order valence-corrected chi connectivity index (χ0v) is 6.17. The Morgan fingerprint density at radius 2 is 2.50 bits per heavy atom. The maximum atomic E-state index is 10.5. The van der Waals surface area contributed by atoms with Crippen LogP contribution in [0.3, 0.4) is 0 Å². The van der Waals surface area contributed by atoms with Gasteiger partial charge in [0.2, 0.25) is 0 Å². The fourth-order valence-corrected chi connectivity index (χ4v) is 0.351. The Labute approximate surface area is 60.9 Å². The van der Waals surface area contributed by atoms with E-state index in [0.29, 0.717) is 13.2 Å². The van der Waals surface area contributed by atoms with E-state index in [0.717, 1.165) is 6.08 Å². The van der Waals surface area contributed by atoms with Crippen LogP contribution in [0.2, 0.25) is 0 Å². The summed E-state index contributed by atoms with van der Waals surface area (Å²) in [4.78, 5) is 10.5. The molecule has 0 amide bonds. The Bertz CT molecular complexity index is 123. The maximum absolute atomic E-state index is 10.5. The van der Waals surface area contributed by atoms with Crippen molar-refractivity contribution < 1.29 is 9.53 Å². The van der Waals surface area contributed by atoms with Gasteiger partial charge in [0.15, 0.2) is 0 Å². The van der Waals surface area contributed by atoms with Crippen LogP contribution in [-0.4, -0.2) is 19.1 Å². The van der Waals surface area contributed by atoms with Gasteiger partial charge in [0.1, 0.15) is 0 Å². The monoisotopic (exact) mass is 143 g/mol. The Morgan fingerprint density at radius 3 is 2.90 bits per heavy atom. The van der Waals surface area contributed by atoms with E-state index in [1.165, 1.54) is 0 Å². The number of carbonyl (C=O) groups excluding carboxylic acids is 1. The first-order valence-electron chi connectivity index (χ1n) is 3.20. The SMILES string of the molecule is C=CC(=O)OCC(C)CN. The van der Waals surface area contributed by atoms with Gasteiger partial charge in [-0.1, -0.05) is 13.5 Å². The van der Waals surface area contributed by atoms with Gasteiger partial charge in [0, 0.05) is 12.0 Å². The van der Waals surface area contributed by atoms with E-state index in [2.05, 4.69) is 6.58 Å². The highest BCUT2D eigenvalue weighted by molar-refractivity contribution is 5.81. The minimum absolute atomic E-state index is 0.226. The quantitative estimate of drug-likeness (QED) is 0.455. The molecule has 0 saturated heterocycles. The Morgan fingerprint density at radius 1 is 1.90 bits per heavy atom. The molecule has 0 aromatic rings. The largest absolute Gasteiger partial charge is 0.462 e. The molecular weight excluding hydrogens is 130 g/mol. The van der Waals surface area contributed by atoms with E-state index in [1.54, 1.807) is 0 Å². The van der Waals surface area contributed by atoms with Gasteiger partial charge in [-0.2, -0.15) is 0 Å². The van der Waals surface area contributed by atoms with Crippen molar-refractivity contribution in [1.82, 2.24) is 0 Å². The van der Waals surface area contributed by atoms with Gasteiger partial charge < -0.3 is 10.5 Å². The molecule has 0 spiro atoms. The molecule has 1 unspecified atom stereocenters. The van der Waals surface area contributed by atoms with E-state index in [-0.39, 0.29) is 11.9 Å². The first-order chi connectivity index (χ1) is 4.70. The highest BCUT2D eigenvalue weighted by atomic mass is 16.5. The van der Waals surface area contributed by atoms with Crippen molar-refractivity contribution >= 4 is 5.97 Å². The molecule has 0 fully saturated rings. The molecule has 3 nitrogen and oxygen atoms in total. The number of esters is 1. The minimum Gasteiger partial charge on any atom is -0.462 e. The second-order valence-electron chi connectivity index (χ2n) is 2.18. The Balaban J connectivity index is 3.34. The van der Waals surface area contributed by atoms with E-state index in [1.807, 2.05) is 6.92 Å². The van der Waals surface area contributed by atoms with Crippen LogP contribution in [-0.2, 0) is 9.53 Å². The third-order valence-corrected chi connectivity index (χ3v) is 1.08. The standard InChI is InChI=1S/C7H13NO2/c1-3-7(9)10-5-6(2)4-8/h3,6H,1,4-5,8H2,2H3. The maximum Gasteiger partial charge on any atom is 0.330 e. The number of rotatable bonds is 4. The van der Waals surface area contributed by atoms with Crippen LogP contribution in [0, 0.1) is 5.92 Å². The minimum atomic E-state index is -0.389. The van der Waals surface area contributed by atoms with Gasteiger partial charge in [-0.25, -0.2) is 4.79 Å².